The first-order valence-corrected chi connectivity index (χ1v) is 3.12. The lowest BCUT2D eigenvalue weighted by atomic mass is 10.2. The van der Waals surface area contributed by atoms with Gasteiger partial charge in [0.1, 0.15) is 12.6 Å². The lowest BCUT2D eigenvalue weighted by molar-refractivity contribution is 0.274. The zero-order chi connectivity index (χ0) is 7.52. The van der Waals surface area contributed by atoms with Crippen LogP contribution in [0, 0.1) is 0 Å². The van der Waals surface area contributed by atoms with E-state index in [4.69, 9.17) is 4.84 Å². The fraction of sp³-hybridized carbons (Fsp3) is 0. The van der Waals surface area contributed by atoms with Crippen molar-refractivity contribution in [2.45, 2.75) is 0 Å². The summed E-state index contributed by atoms with van der Waals surface area (Å²) in [5.74, 6) is 0. The number of fused-ring (bicyclic) bond motifs is 1. The number of hydrogen-bond donors (Lipinski definition) is 0. The number of aromatic nitrogens is 2. The average Bonchev–Trinajstić information content (AvgIpc) is 2.28. The third kappa shape index (κ3) is 1.10. The second kappa shape index (κ2) is 2.49. The Balaban J connectivity index is 2.58. The maximum Gasteiger partial charge on any atom is 0.122 e. The second-order valence-corrected chi connectivity index (χ2v) is 2.01. The van der Waals surface area contributed by atoms with Gasteiger partial charge in [0, 0.05) is 11.8 Å². The monoisotopic (exact) mass is 147 g/mol. The molecule has 2 heterocycles. The highest BCUT2D eigenvalue weighted by molar-refractivity contribution is 5.82. The molecule has 0 amide bonds. The predicted octanol–water partition coefficient (Wildman–Crippen LogP) is 0.811. The van der Waals surface area contributed by atoms with Crippen LogP contribution in [0.4, 0.5) is 0 Å². The van der Waals surface area contributed by atoms with E-state index in [9.17, 15) is 0 Å². The van der Waals surface area contributed by atoms with Crippen LogP contribution in [0.3, 0.4) is 0 Å². The van der Waals surface area contributed by atoms with Gasteiger partial charge in [0.25, 0.3) is 0 Å². The molecule has 0 fully saturated rings. The Morgan fingerprint density at radius 3 is 3.36 bits per heavy atom. The highest BCUT2D eigenvalue weighted by atomic mass is 16.6. The Hall–Kier alpha value is -1.71. The van der Waals surface area contributed by atoms with E-state index in [0.29, 0.717) is 0 Å². The highest BCUT2D eigenvalue weighted by Gasteiger charge is 1.99. The Kier molecular flexibility index (Phi) is 1.37. The van der Waals surface area contributed by atoms with Crippen molar-refractivity contribution in [1.29, 1.82) is 0 Å². The van der Waals surface area contributed by atoms with Crippen LogP contribution in [0.25, 0.3) is 6.08 Å². The minimum Gasteiger partial charge on any atom is -0.365 e. The smallest absolute Gasteiger partial charge is 0.122 e. The Bertz CT molecular complexity index is 288. The van der Waals surface area contributed by atoms with E-state index in [1.165, 1.54) is 12.6 Å². The van der Waals surface area contributed by atoms with Gasteiger partial charge in [0.15, 0.2) is 0 Å². The van der Waals surface area contributed by atoms with Gasteiger partial charge in [0.2, 0.25) is 0 Å². The van der Waals surface area contributed by atoms with Crippen LogP contribution in [0.1, 0.15) is 11.3 Å². The average molecular weight is 147 g/mol. The minimum atomic E-state index is 0.772. The van der Waals surface area contributed by atoms with Crippen molar-refractivity contribution in [2.24, 2.45) is 5.16 Å². The third-order valence-electron chi connectivity index (χ3n) is 1.32. The SMILES string of the molecule is C1=Cc2cncnc2C=NO1. The summed E-state index contributed by atoms with van der Waals surface area (Å²) in [6.45, 7) is 0. The van der Waals surface area contributed by atoms with Crippen molar-refractivity contribution in [2.75, 3.05) is 0 Å². The van der Waals surface area contributed by atoms with E-state index in [0.717, 1.165) is 11.3 Å². The van der Waals surface area contributed by atoms with Crippen LogP contribution in [-0.2, 0) is 4.84 Å². The third-order valence-corrected chi connectivity index (χ3v) is 1.32. The molecule has 4 heteroatoms. The maximum atomic E-state index is 4.70. The molecular formula is C7H5N3O. The standard InChI is InChI=1S/C7H5N3O/c1-2-11-10-4-7-6(1)3-8-5-9-7/h1-5H. The van der Waals surface area contributed by atoms with E-state index in [1.807, 2.05) is 0 Å². The van der Waals surface area contributed by atoms with Gasteiger partial charge in [0.05, 0.1) is 11.9 Å². The molecule has 1 aliphatic rings. The van der Waals surface area contributed by atoms with Crippen LogP contribution in [-0.4, -0.2) is 16.2 Å². The predicted molar refractivity (Wildman–Crippen MR) is 39.7 cm³/mol. The van der Waals surface area contributed by atoms with Crippen molar-refractivity contribution < 1.29 is 4.84 Å². The van der Waals surface area contributed by atoms with E-state index >= 15 is 0 Å². The van der Waals surface area contributed by atoms with Gasteiger partial charge in [-0.2, -0.15) is 0 Å². The first-order valence-electron chi connectivity index (χ1n) is 3.12. The fourth-order valence-corrected chi connectivity index (χ4v) is 0.805. The van der Waals surface area contributed by atoms with E-state index in [1.54, 1.807) is 18.5 Å². The first kappa shape index (κ1) is 6.03. The van der Waals surface area contributed by atoms with Gasteiger partial charge < -0.3 is 4.84 Å². The summed E-state index contributed by atoms with van der Waals surface area (Å²) in [4.78, 5) is 12.5. The summed E-state index contributed by atoms with van der Waals surface area (Å²) in [7, 11) is 0. The molecule has 4 nitrogen and oxygen atoms in total. The summed E-state index contributed by atoms with van der Waals surface area (Å²) < 4.78 is 0. The van der Waals surface area contributed by atoms with Crippen LogP contribution in [0.15, 0.2) is 23.9 Å². The summed E-state index contributed by atoms with van der Waals surface area (Å²) in [5, 5.41) is 3.61. The van der Waals surface area contributed by atoms with Gasteiger partial charge in [-0.15, -0.1) is 0 Å². The summed E-state index contributed by atoms with van der Waals surface area (Å²) in [5.41, 5.74) is 1.68. The molecule has 0 spiro atoms. The fourth-order valence-electron chi connectivity index (χ4n) is 0.805. The maximum absolute atomic E-state index is 4.70. The van der Waals surface area contributed by atoms with Gasteiger partial charge in [-0.25, -0.2) is 9.97 Å². The van der Waals surface area contributed by atoms with Crippen LogP contribution >= 0.6 is 0 Å². The minimum absolute atomic E-state index is 0.772. The van der Waals surface area contributed by atoms with Crippen molar-refractivity contribution in [1.82, 2.24) is 9.97 Å². The molecule has 0 unspecified atom stereocenters. The summed E-state index contributed by atoms with van der Waals surface area (Å²) in [6.07, 6.45) is 7.99. The van der Waals surface area contributed by atoms with E-state index < -0.39 is 0 Å². The number of nitrogens with zero attached hydrogens (tertiary/aromatic N) is 3. The molecule has 2 rings (SSSR count). The van der Waals surface area contributed by atoms with Gasteiger partial charge in [-0.05, 0) is 6.08 Å². The summed E-state index contributed by atoms with van der Waals surface area (Å²) in [6, 6.07) is 0. The number of rotatable bonds is 0. The molecule has 1 aromatic heterocycles. The molecule has 0 bridgehead atoms. The molecule has 0 atom stereocenters. The molecule has 0 aromatic carbocycles. The van der Waals surface area contributed by atoms with E-state index in [2.05, 4.69) is 15.1 Å². The summed E-state index contributed by atoms with van der Waals surface area (Å²) >= 11 is 0. The molecule has 1 aromatic rings. The zero-order valence-electron chi connectivity index (χ0n) is 5.64. The topological polar surface area (TPSA) is 47.4 Å². The van der Waals surface area contributed by atoms with Crippen LogP contribution in [0.2, 0.25) is 0 Å². The molecule has 11 heavy (non-hydrogen) atoms. The van der Waals surface area contributed by atoms with Crippen molar-refractivity contribution in [3.05, 3.63) is 30.0 Å². The molecule has 0 aliphatic carbocycles. The lowest BCUT2D eigenvalue weighted by Gasteiger charge is -1.92. The van der Waals surface area contributed by atoms with Gasteiger partial charge in [-0.3, -0.25) is 0 Å². The quantitative estimate of drug-likeness (QED) is 0.545. The second-order valence-electron chi connectivity index (χ2n) is 2.01. The van der Waals surface area contributed by atoms with E-state index in [-0.39, 0.29) is 0 Å². The Morgan fingerprint density at radius 1 is 1.36 bits per heavy atom. The largest absolute Gasteiger partial charge is 0.365 e. The van der Waals surface area contributed by atoms with Crippen molar-refractivity contribution in [3.63, 3.8) is 0 Å². The Labute approximate surface area is 63.2 Å². The van der Waals surface area contributed by atoms with Gasteiger partial charge in [-0.1, -0.05) is 5.16 Å². The molecule has 0 N–H and O–H groups in total. The van der Waals surface area contributed by atoms with Crippen molar-refractivity contribution in [3.8, 4) is 0 Å². The van der Waals surface area contributed by atoms with Crippen molar-refractivity contribution >= 4 is 12.3 Å². The Morgan fingerprint density at radius 2 is 2.36 bits per heavy atom. The molecule has 0 saturated carbocycles. The first-order chi connectivity index (χ1) is 5.47. The van der Waals surface area contributed by atoms with Crippen LogP contribution < -0.4 is 0 Å². The normalized spacial score (nSPS) is 13.5. The highest BCUT2D eigenvalue weighted by Crippen LogP contribution is 2.06. The molecule has 54 valence electrons. The molecular weight excluding hydrogens is 142 g/mol. The molecule has 1 aliphatic heterocycles. The molecule has 0 saturated heterocycles. The lowest BCUT2D eigenvalue weighted by Crippen LogP contribution is -1.91. The number of oxime groups is 1. The zero-order valence-corrected chi connectivity index (χ0v) is 5.64. The van der Waals surface area contributed by atoms with Crippen LogP contribution in [0.5, 0.6) is 0 Å². The van der Waals surface area contributed by atoms with Gasteiger partial charge >= 0.3 is 0 Å². The number of hydrogen-bond acceptors (Lipinski definition) is 4. The molecule has 0 radical (unpaired) electrons.